The van der Waals surface area contributed by atoms with Crippen LogP contribution in [-0.2, 0) is 0 Å². The molecule has 2 nitrogen and oxygen atoms in total. The average Bonchev–Trinajstić information content (AvgIpc) is 1.85. The molecule has 0 aromatic rings. The molecule has 0 heterocycles. The van der Waals surface area contributed by atoms with Gasteiger partial charge in [-0.2, -0.15) is 0 Å². The first-order valence-electron chi connectivity index (χ1n) is 4.83. The van der Waals surface area contributed by atoms with Gasteiger partial charge in [0, 0.05) is 13.0 Å². The standard InChI is InChI=1S/C10H25N2/c1-7-10(12(4,5)6)8-9-11(2)3/h10H,7-9H2,1-6H3/q+1. The Balaban J connectivity index is 3.84. The molecule has 0 aromatic carbocycles. The van der Waals surface area contributed by atoms with Crippen LogP contribution in [0.3, 0.4) is 0 Å². The van der Waals surface area contributed by atoms with E-state index in [-0.39, 0.29) is 0 Å². The third kappa shape index (κ3) is 4.73. The van der Waals surface area contributed by atoms with Gasteiger partial charge in [-0.1, -0.05) is 6.92 Å². The van der Waals surface area contributed by atoms with E-state index in [1.54, 1.807) is 0 Å². The second-order valence-electron chi connectivity index (χ2n) is 4.77. The van der Waals surface area contributed by atoms with Crippen LogP contribution in [0.2, 0.25) is 0 Å². The highest BCUT2D eigenvalue weighted by molar-refractivity contribution is 4.57. The number of nitrogens with zero attached hydrogens (tertiary/aromatic N) is 2. The van der Waals surface area contributed by atoms with Gasteiger partial charge in [-0.05, 0) is 20.5 Å². The highest BCUT2D eigenvalue weighted by Crippen LogP contribution is 2.11. The van der Waals surface area contributed by atoms with Crippen molar-refractivity contribution in [1.29, 1.82) is 0 Å². The van der Waals surface area contributed by atoms with Gasteiger partial charge in [0.25, 0.3) is 0 Å². The summed E-state index contributed by atoms with van der Waals surface area (Å²) in [6.07, 6.45) is 2.57. The van der Waals surface area contributed by atoms with Crippen molar-refractivity contribution in [3.05, 3.63) is 0 Å². The number of hydrogen-bond acceptors (Lipinski definition) is 1. The van der Waals surface area contributed by atoms with E-state index in [0.717, 1.165) is 10.5 Å². The van der Waals surface area contributed by atoms with E-state index < -0.39 is 0 Å². The summed E-state index contributed by atoms with van der Waals surface area (Å²) < 4.78 is 1.09. The Bertz CT molecular complexity index is 113. The van der Waals surface area contributed by atoms with E-state index in [2.05, 4.69) is 47.1 Å². The predicted molar refractivity (Wildman–Crippen MR) is 55.3 cm³/mol. The third-order valence-corrected chi connectivity index (χ3v) is 2.48. The smallest absolute Gasteiger partial charge is 0.0893 e. The van der Waals surface area contributed by atoms with Crippen LogP contribution >= 0.6 is 0 Å². The summed E-state index contributed by atoms with van der Waals surface area (Å²) >= 11 is 0. The lowest BCUT2D eigenvalue weighted by molar-refractivity contribution is -0.896. The van der Waals surface area contributed by atoms with Gasteiger partial charge in [0.05, 0.1) is 27.2 Å². The number of hydrogen-bond donors (Lipinski definition) is 0. The molecule has 2 heteroatoms. The van der Waals surface area contributed by atoms with Gasteiger partial charge in [-0.3, -0.25) is 0 Å². The van der Waals surface area contributed by atoms with Crippen molar-refractivity contribution < 1.29 is 4.48 Å². The summed E-state index contributed by atoms with van der Waals surface area (Å²) in [5, 5.41) is 0. The van der Waals surface area contributed by atoms with Crippen LogP contribution in [0.25, 0.3) is 0 Å². The van der Waals surface area contributed by atoms with Crippen LogP contribution in [-0.4, -0.2) is 57.2 Å². The van der Waals surface area contributed by atoms with E-state index in [4.69, 9.17) is 0 Å². The molecule has 0 aromatic heterocycles. The van der Waals surface area contributed by atoms with E-state index in [1.165, 1.54) is 19.4 Å². The van der Waals surface area contributed by atoms with E-state index in [1.807, 2.05) is 0 Å². The number of rotatable bonds is 5. The van der Waals surface area contributed by atoms with E-state index in [9.17, 15) is 0 Å². The minimum atomic E-state index is 0.799. The molecule has 0 radical (unpaired) electrons. The molecule has 0 bridgehead atoms. The highest BCUT2D eigenvalue weighted by Gasteiger charge is 2.20. The van der Waals surface area contributed by atoms with Crippen molar-refractivity contribution in [2.45, 2.75) is 25.8 Å². The van der Waals surface area contributed by atoms with Gasteiger partial charge in [-0.15, -0.1) is 0 Å². The molecule has 0 aliphatic carbocycles. The molecule has 1 unspecified atom stereocenters. The Morgan fingerprint density at radius 2 is 1.67 bits per heavy atom. The summed E-state index contributed by atoms with van der Waals surface area (Å²) in [7, 11) is 11.1. The molecule has 0 fully saturated rings. The first-order valence-corrected chi connectivity index (χ1v) is 4.83. The fraction of sp³-hybridized carbons (Fsp3) is 1.00. The zero-order valence-electron chi connectivity index (χ0n) is 9.59. The van der Waals surface area contributed by atoms with Crippen LogP contribution in [0.15, 0.2) is 0 Å². The van der Waals surface area contributed by atoms with E-state index >= 15 is 0 Å². The molecule has 0 spiro atoms. The van der Waals surface area contributed by atoms with Crippen LogP contribution in [0.5, 0.6) is 0 Å². The van der Waals surface area contributed by atoms with Gasteiger partial charge in [0.2, 0.25) is 0 Å². The first-order chi connectivity index (χ1) is 5.38. The SMILES string of the molecule is CCC(CCN(C)C)[N+](C)(C)C. The van der Waals surface area contributed by atoms with Crippen molar-refractivity contribution in [3.8, 4) is 0 Å². The molecule has 1 atom stereocenters. The Labute approximate surface area is 77.8 Å². The lowest BCUT2D eigenvalue weighted by Crippen LogP contribution is -2.45. The molecule has 0 N–H and O–H groups in total. The van der Waals surface area contributed by atoms with Gasteiger partial charge in [0.15, 0.2) is 0 Å². The van der Waals surface area contributed by atoms with Gasteiger partial charge in [-0.25, -0.2) is 0 Å². The van der Waals surface area contributed by atoms with Crippen molar-refractivity contribution in [3.63, 3.8) is 0 Å². The predicted octanol–water partition coefficient (Wildman–Crippen LogP) is 1.42. The van der Waals surface area contributed by atoms with Gasteiger partial charge < -0.3 is 9.38 Å². The van der Waals surface area contributed by atoms with Gasteiger partial charge in [0.1, 0.15) is 0 Å². The number of quaternary nitrogens is 1. The topological polar surface area (TPSA) is 3.24 Å². The molecule has 74 valence electrons. The van der Waals surface area contributed by atoms with Crippen molar-refractivity contribution >= 4 is 0 Å². The summed E-state index contributed by atoms with van der Waals surface area (Å²) in [6.45, 7) is 3.48. The van der Waals surface area contributed by atoms with Crippen LogP contribution < -0.4 is 0 Å². The second-order valence-corrected chi connectivity index (χ2v) is 4.77. The molecule has 0 amide bonds. The average molecular weight is 173 g/mol. The molecule has 12 heavy (non-hydrogen) atoms. The zero-order chi connectivity index (χ0) is 9.78. The molecule has 0 saturated carbocycles. The normalized spacial score (nSPS) is 15.2. The molecular formula is C10H25N2+. The van der Waals surface area contributed by atoms with E-state index in [0.29, 0.717) is 0 Å². The molecule has 0 rings (SSSR count). The maximum absolute atomic E-state index is 2.28. The van der Waals surface area contributed by atoms with Crippen molar-refractivity contribution in [2.75, 3.05) is 41.8 Å². The van der Waals surface area contributed by atoms with Crippen LogP contribution in [0, 0.1) is 0 Å². The molecule has 0 aliphatic rings. The Morgan fingerprint density at radius 3 is 1.92 bits per heavy atom. The minimum absolute atomic E-state index is 0.799. The summed E-state index contributed by atoms with van der Waals surface area (Å²) in [4.78, 5) is 2.26. The molecule has 0 saturated heterocycles. The Morgan fingerprint density at radius 1 is 1.17 bits per heavy atom. The fourth-order valence-corrected chi connectivity index (χ4v) is 1.55. The van der Waals surface area contributed by atoms with Crippen molar-refractivity contribution in [2.24, 2.45) is 0 Å². The summed E-state index contributed by atoms with van der Waals surface area (Å²) in [5.74, 6) is 0. The lowest BCUT2D eigenvalue weighted by atomic mass is 10.1. The second kappa shape index (κ2) is 4.83. The summed E-state index contributed by atoms with van der Waals surface area (Å²) in [6, 6.07) is 0.799. The fourth-order valence-electron chi connectivity index (χ4n) is 1.55. The summed E-state index contributed by atoms with van der Waals surface area (Å²) in [5.41, 5.74) is 0. The maximum Gasteiger partial charge on any atom is 0.0893 e. The minimum Gasteiger partial charge on any atom is -0.328 e. The maximum atomic E-state index is 2.28. The Kier molecular flexibility index (Phi) is 4.80. The Hall–Kier alpha value is -0.0800. The third-order valence-electron chi connectivity index (χ3n) is 2.48. The molecule has 0 aliphatic heterocycles. The zero-order valence-corrected chi connectivity index (χ0v) is 9.59. The first kappa shape index (κ1) is 11.9. The lowest BCUT2D eigenvalue weighted by Gasteiger charge is -2.34. The highest BCUT2D eigenvalue weighted by atomic mass is 15.3. The molecular weight excluding hydrogens is 148 g/mol. The van der Waals surface area contributed by atoms with Crippen LogP contribution in [0.1, 0.15) is 19.8 Å². The van der Waals surface area contributed by atoms with Gasteiger partial charge >= 0.3 is 0 Å². The quantitative estimate of drug-likeness (QED) is 0.568. The van der Waals surface area contributed by atoms with Crippen molar-refractivity contribution in [1.82, 2.24) is 4.90 Å². The monoisotopic (exact) mass is 173 g/mol. The largest absolute Gasteiger partial charge is 0.328 e. The van der Waals surface area contributed by atoms with Crippen LogP contribution in [0.4, 0.5) is 0 Å².